The summed E-state index contributed by atoms with van der Waals surface area (Å²) in [6, 6.07) is 20.8. The molecule has 0 spiro atoms. The van der Waals surface area contributed by atoms with E-state index in [0.29, 0.717) is 22.3 Å². The van der Waals surface area contributed by atoms with Crippen LogP contribution in [0, 0.1) is 12.7 Å². The van der Waals surface area contributed by atoms with Gasteiger partial charge in [-0.3, -0.25) is 9.78 Å². The van der Waals surface area contributed by atoms with Gasteiger partial charge < -0.3 is 24.7 Å². The summed E-state index contributed by atoms with van der Waals surface area (Å²) in [4.78, 5) is 18.6. The van der Waals surface area contributed by atoms with E-state index in [2.05, 4.69) is 15.6 Å². The zero-order valence-corrected chi connectivity index (χ0v) is 21.1. The molecule has 2 N–H and O–H groups in total. The van der Waals surface area contributed by atoms with Crippen molar-refractivity contribution in [1.82, 2.24) is 10.3 Å². The number of thiocarbonyl (C=S) groups is 1. The number of pyridine rings is 1. The number of aromatic nitrogens is 1. The number of amides is 1. The first-order valence-electron chi connectivity index (χ1n) is 11.7. The molecule has 1 amide bonds. The summed E-state index contributed by atoms with van der Waals surface area (Å²) in [5.74, 6) is 0.769. The Hall–Kier alpha value is -4.08. The molecule has 3 heterocycles. The molecule has 1 aliphatic rings. The van der Waals surface area contributed by atoms with Crippen LogP contribution in [0.1, 0.15) is 29.1 Å². The van der Waals surface area contributed by atoms with Crippen molar-refractivity contribution in [3.05, 3.63) is 102 Å². The van der Waals surface area contributed by atoms with Gasteiger partial charge in [0.25, 0.3) is 0 Å². The summed E-state index contributed by atoms with van der Waals surface area (Å²) in [5.41, 5.74) is 3.99. The highest BCUT2D eigenvalue weighted by atomic mass is 32.1. The molecule has 2 aromatic carbocycles. The first-order chi connectivity index (χ1) is 17.9. The molecule has 0 saturated carbocycles. The largest absolute Gasteiger partial charge is 0.459 e. The van der Waals surface area contributed by atoms with Crippen molar-refractivity contribution < 1.29 is 18.3 Å². The van der Waals surface area contributed by atoms with Gasteiger partial charge in [0.1, 0.15) is 30.0 Å². The molecule has 1 fully saturated rings. The van der Waals surface area contributed by atoms with Crippen molar-refractivity contribution in [2.45, 2.75) is 19.0 Å². The second-order valence-electron chi connectivity index (χ2n) is 8.69. The number of hydrogen-bond acceptors (Lipinski definition) is 5. The average molecular weight is 517 g/mol. The number of hydrogen-bond donors (Lipinski definition) is 2. The fourth-order valence-corrected chi connectivity index (χ4v) is 4.80. The first kappa shape index (κ1) is 24.6. The van der Waals surface area contributed by atoms with Crippen LogP contribution in [-0.4, -0.2) is 29.7 Å². The summed E-state index contributed by atoms with van der Waals surface area (Å²) < 4.78 is 24.7. The lowest BCUT2D eigenvalue weighted by atomic mass is 10.0. The molecule has 2 unspecified atom stereocenters. The Balaban J connectivity index is 1.53. The minimum Gasteiger partial charge on any atom is -0.459 e. The van der Waals surface area contributed by atoms with Crippen molar-refractivity contribution in [1.29, 1.82) is 0 Å². The fraction of sp³-hybridized carbons (Fsp3) is 0.179. The van der Waals surface area contributed by atoms with Crippen molar-refractivity contribution in [2.24, 2.45) is 0 Å². The minimum absolute atomic E-state index is 0.0238. The molecule has 188 valence electrons. The second-order valence-corrected chi connectivity index (χ2v) is 9.07. The standard InChI is InChI=1S/C28H25FN4O3S/c1-17-15-20(10-11-21(17)31-25(34)16-35-2)33-27(26(32-28(33)37)22-5-3-4-14-30-22)24-13-12-23(36-24)18-6-8-19(29)9-7-18/h3-15,26-27H,16H2,1-2H3,(H,31,34)(H,32,37). The van der Waals surface area contributed by atoms with Gasteiger partial charge in [-0.1, -0.05) is 6.07 Å². The molecule has 0 radical (unpaired) electrons. The number of furan rings is 1. The lowest BCUT2D eigenvalue weighted by molar-refractivity contribution is -0.119. The highest BCUT2D eigenvalue weighted by molar-refractivity contribution is 7.80. The normalized spacial score (nSPS) is 17.1. The lowest BCUT2D eigenvalue weighted by Gasteiger charge is -2.26. The molecular weight excluding hydrogens is 491 g/mol. The number of aryl methyl sites for hydroxylation is 1. The van der Waals surface area contributed by atoms with Gasteiger partial charge in [-0.15, -0.1) is 0 Å². The van der Waals surface area contributed by atoms with Crippen molar-refractivity contribution in [2.75, 3.05) is 23.9 Å². The van der Waals surface area contributed by atoms with Gasteiger partial charge in [-0.05, 0) is 91.4 Å². The van der Waals surface area contributed by atoms with Crippen LogP contribution in [0.15, 0.2) is 83.4 Å². The van der Waals surface area contributed by atoms with Crippen LogP contribution >= 0.6 is 12.2 Å². The molecule has 0 bridgehead atoms. The molecule has 1 aliphatic heterocycles. The van der Waals surface area contributed by atoms with Crippen LogP contribution in [0.5, 0.6) is 0 Å². The third-order valence-corrected chi connectivity index (χ3v) is 6.50. The summed E-state index contributed by atoms with van der Waals surface area (Å²) in [6.45, 7) is 1.90. The topological polar surface area (TPSA) is 79.6 Å². The van der Waals surface area contributed by atoms with Crippen LogP contribution in [0.4, 0.5) is 15.8 Å². The molecule has 37 heavy (non-hydrogen) atoms. The minimum atomic E-state index is -0.343. The number of nitrogens with one attached hydrogen (secondary N) is 2. The fourth-order valence-electron chi connectivity index (χ4n) is 4.46. The number of rotatable bonds is 7. The van der Waals surface area contributed by atoms with Gasteiger partial charge in [0, 0.05) is 30.2 Å². The van der Waals surface area contributed by atoms with Crippen LogP contribution in [0.3, 0.4) is 0 Å². The Bertz CT molecular complexity index is 1430. The van der Waals surface area contributed by atoms with Crippen LogP contribution in [-0.2, 0) is 9.53 Å². The monoisotopic (exact) mass is 516 g/mol. The molecule has 2 aromatic heterocycles. The lowest BCUT2D eigenvalue weighted by Crippen LogP contribution is -2.29. The highest BCUT2D eigenvalue weighted by Crippen LogP contribution is 2.43. The summed E-state index contributed by atoms with van der Waals surface area (Å²) in [6.07, 6.45) is 1.74. The number of carbonyl (C=O) groups excluding carboxylic acids is 1. The Labute approximate surface area is 219 Å². The molecule has 7 nitrogen and oxygen atoms in total. The van der Waals surface area contributed by atoms with E-state index in [0.717, 1.165) is 22.5 Å². The Morgan fingerprint density at radius 3 is 2.68 bits per heavy atom. The number of methoxy groups -OCH3 is 1. The molecule has 0 aliphatic carbocycles. The zero-order chi connectivity index (χ0) is 25.9. The maximum atomic E-state index is 13.4. The van der Waals surface area contributed by atoms with E-state index in [9.17, 15) is 9.18 Å². The van der Waals surface area contributed by atoms with E-state index in [1.54, 1.807) is 18.3 Å². The Morgan fingerprint density at radius 1 is 1.16 bits per heavy atom. The summed E-state index contributed by atoms with van der Waals surface area (Å²) >= 11 is 5.79. The van der Waals surface area contributed by atoms with Crippen LogP contribution in [0.2, 0.25) is 0 Å². The number of benzene rings is 2. The van der Waals surface area contributed by atoms with Gasteiger partial charge in [-0.25, -0.2) is 4.39 Å². The molecule has 1 saturated heterocycles. The molecule has 2 atom stereocenters. The molecular formula is C28H25FN4O3S. The van der Waals surface area contributed by atoms with E-state index in [4.69, 9.17) is 21.4 Å². The number of nitrogens with zero attached hydrogens (tertiary/aromatic N) is 2. The second kappa shape index (κ2) is 10.5. The first-order valence-corrected chi connectivity index (χ1v) is 12.1. The quantitative estimate of drug-likeness (QED) is 0.312. The zero-order valence-electron chi connectivity index (χ0n) is 20.3. The van der Waals surface area contributed by atoms with Gasteiger partial charge in [0.15, 0.2) is 5.11 Å². The average Bonchev–Trinajstić information content (AvgIpc) is 3.51. The van der Waals surface area contributed by atoms with Gasteiger partial charge >= 0.3 is 0 Å². The SMILES string of the molecule is COCC(=O)Nc1ccc(N2C(=S)NC(c3ccccn3)C2c2ccc(-c3ccc(F)cc3)o2)cc1C. The number of halogens is 1. The molecule has 9 heteroatoms. The number of ether oxygens (including phenoxy) is 1. The van der Waals surface area contributed by atoms with Crippen molar-refractivity contribution in [3.8, 4) is 11.3 Å². The van der Waals surface area contributed by atoms with Crippen molar-refractivity contribution >= 4 is 34.6 Å². The highest BCUT2D eigenvalue weighted by Gasteiger charge is 2.42. The van der Waals surface area contributed by atoms with Gasteiger partial charge in [0.05, 0.1) is 11.7 Å². The molecule has 4 aromatic rings. The predicted octanol–water partition coefficient (Wildman–Crippen LogP) is 5.55. The Kier molecular flexibility index (Phi) is 6.98. The maximum Gasteiger partial charge on any atom is 0.250 e. The van der Waals surface area contributed by atoms with Gasteiger partial charge in [-0.2, -0.15) is 0 Å². The maximum absolute atomic E-state index is 13.4. The van der Waals surface area contributed by atoms with Crippen molar-refractivity contribution in [3.63, 3.8) is 0 Å². The smallest absolute Gasteiger partial charge is 0.250 e. The van der Waals surface area contributed by atoms with E-state index >= 15 is 0 Å². The number of anilines is 2. The van der Waals surface area contributed by atoms with Gasteiger partial charge in [0.2, 0.25) is 5.91 Å². The predicted molar refractivity (Wildman–Crippen MR) is 144 cm³/mol. The summed E-state index contributed by atoms with van der Waals surface area (Å²) in [5, 5.41) is 6.79. The van der Waals surface area contributed by atoms with Crippen LogP contribution < -0.4 is 15.5 Å². The summed E-state index contributed by atoms with van der Waals surface area (Å²) in [7, 11) is 1.48. The molecule has 5 rings (SSSR count). The van der Waals surface area contributed by atoms with E-state index in [1.165, 1.54) is 19.2 Å². The van der Waals surface area contributed by atoms with Crippen LogP contribution in [0.25, 0.3) is 11.3 Å². The van der Waals surface area contributed by atoms with E-state index in [1.807, 2.05) is 60.4 Å². The number of carbonyl (C=O) groups is 1. The van der Waals surface area contributed by atoms with E-state index in [-0.39, 0.29) is 30.4 Å². The third kappa shape index (κ3) is 5.09. The Morgan fingerprint density at radius 2 is 1.97 bits per heavy atom. The third-order valence-electron chi connectivity index (χ3n) is 6.18. The van der Waals surface area contributed by atoms with E-state index < -0.39 is 0 Å².